The summed E-state index contributed by atoms with van der Waals surface area (Å²) < 4.78 is 67.3. The Hall–Kier alpha value is -2.18. The zero-order chi connectivity index (χ0) is 30.9. The van der Waals surface area contributed by atoms with Crippen LogP contribution in [0.5, 0.6) is 5.75 Å². The Kier molecular flexibility index (Phi) is 12.0. The molecule has 2 atom stereocenters. The van der Waals surface area contributed by atoms with Crippen LogP contribution in [0.1, 0.15) is 140 Å². The van der Waals surface area contributed by atoms with Gasteiger partial charge in [0.1, 0.15) is 0 Å². The summed E-state index contributed by atoms with van der Waals surface area (Å²) in [6.45, 7) is 2.83. The van der Waals surface area contributed by atoms with E-state index >= 15 is 17.6 Å². The molecule has 2 aromatic rings. The molecule has 3 nitrogen and oxygen atoms in total. The van der Waals surface area contributed by atoms with Crippen molar-refractivity contribution in [2.45, 2.75) is 141 Å². The van der Waals surface area contributed by atoms with Gasteiger partial charge in [0.2, 0.25) is 0 Å². The Labute approximate surface area is 262 Å². The predicted octanol–water partition coefficient (Wildman–Crippen LogP) is 11.4. The summed E-state index contributed by atoms with van der Waals surface area (Å²) in [5.74, 6) is -3.89. The van der Waals surface area contributed by atoms with Crippen molar-refractivity contribution in [2.24, 2.45) is 23.7 Å². The fourth-order valence-electron chi connectivity index (χ4n) is 7.30. The van der Waals surface area contributed by atoms with Gasteiger partial charge in [0.15, 0.2) is 23.2 Å². The summed E-state index contributed by atoms with van der Waals surface area (Å²) >= 11 is 0. The van der Waals surface area contributed by atoms with Crippen LogP contribution in [0.2, 0.25) is 0 Å². The van der Waals surface area contributed by atoms with E-state index in [4.69, 9.17) is 4.74 Å². The maximum absolute atomic E-state index is 15.5. The third kappa shape index (κ3) is 8.96. The van der Waals surface area contributed by atoms with Crippen molar-refractivity contribution < 1.29 is 22.3 Å². The lowest BCUT2D eigenvalue weighted by molar-refractivity contribution is -0.0823. The van der Waals surface area contributed by atoms with E-state index in [1.54, 1.807) is 0 Å². The van der Waals surface area contributed by atoms with Crippen molar-refractivity contribution in [3.8, 4) is 17.1 Å². The van der Waals surface area contributed by atoms with Gasteiger partial charge in [-0.1, -0.05) is 96.8 Å². The summed E-state index contributed by atoms with van der Waals surface area (Å²) in [5, 5.41) is 0. The van der Waals surface area contributed by atoms with Crippen LogP contribution in [0.3, 0.4) is 0 Å². The van der Waals surface area contributed by atoms with Crippen LogP contribution in [-0.2, 0) is 12.3 Å². The molecule has 7 heteroatoms. The molecule has 3 aliphatic carbocycles. The molecule has 0 aliphatic heterocycles. The first-order valence-electron chi connectivity index (χ1n) is 17.7. The zero-order valence-electron chi connectivity index (χ0n) is 26.7. The van der Waals surface area contributed by atoms with Crippen molar-refractivity contribution in [3.05, 3.63) is 41.2 Å². The maximum atomic E-state index is 15.5. The van der Waals surface area contributed by atoms with E-state index in [-0.39, 0.29) is 23.4 Å². The molecular weight excluding hydrogens is 564 g/mol. The smallest absolute Gasteiger partial charge is 0.279 e. The zero-order valence-corrected chi connectivity index (χ0v) is 26.7. The molecule has 5 rings (SSSR count). The third-order valence-electron chi connectivity index (χ3n) is 10.4. The number of rotatable bonds is 20. The second-order valence-electron chi connectivity index (χ2n) is 13.9. The second kappa shape index (κ2) is 15.9. The Morgan fingerprint density at radius 3 is 2.14 bits per heavy atom. The first kappa shape index (κ1) is 33.2. The molecule has 1 aromatic heterocycles. The van der Waals surface area contributed by atoms with Gasteiger partial charge in [-0.15, -0.1) is 0 Å². The molecule has 0 saturated heterocycles. The van der Waals surface area contributed by atoms with Crippen LogP contribution in [0.15, 0.2) is 18.5 Å². The SMILES string of the molecule is CCC(CCCCCOc1cnc(-c2cc3c(c(F)c2F)C(F)(F)C(CCCCCCCCCC2CC2)CC3)nc1)C1CC1. The molecule has 0 radical (unpaired) electrons. The average molecular weight is 617 g/mol. The van der Waals surface area contributed by atoms with E-state index in [2.05, 4.69) is 16.9 Å². The highest BCUT2D eigenvalue weighted by atomic mass is 19.3. The van der Waals surface area contributed by atoms with Crippen LogP contribution in [-0.4, -0.2) is 16.6 Å². The molecular formula is C37H52F4N2O. The van der Waals surface area contributed by atoms with Gasteiger partial charge < -0.3 is 4.74 Å². The van der Waals surface area contributed by atoms with Crippen molar-refractivity contribution in [2.75, 3.05) is 6.61 Å². The highest BCUT2D eigenvalue weighted by Crippen LogP contribution is 2.49. The molecule has 2 unspecified atom stereocenters. The van der Waals surface area contributed by atoms with E-state index in [1.165, 1.54) is 89.1 Å². The maximum Gasteiger partial charge on any atom is 0.279 e. The molecule has 1 aromatic carbocycles. The lowest BCUT2D eigenvalue weighted by Crippen LogP contribution is -2.33. The van der Waals surface area contributed by atoms with E-state index in [0.29, 0.717) is 31.6 Å². The Balaban J connectivity index is 1.07. The predicted molar refractivity (Wildman–Crippen MR) is 168 cm³/mol. The van der Waals surface area contributed by atoms with Gasteiger partial charge in [0.05, 0.1) is 30.1 Å². The van der Waals surface area contributed by atoms with E-state index in [9.17, 15) is 0 Å². The average Bonchev–Trinajstić information content (AvgIpc) is 3.94. The van der Waals surface area contributed by atoms with Gasteiger partial charge in [-0.3, -0.25) is 0 Å². The number of nitrogens with zero attached hydrogens (tertiary/aromatic N) is 2. The normalized spacial score (nSPS) is 20.0. The number of hydrogen-bond acceptors (Lipinski definition) is 3. The van der Waals surface area contributed by atoms with E-state index < -0.39 is 29.0 Å². The number of alkyl halides is 2. The number of fused-ring (bicyclic) bond motifs is 1. The molecule has 244 valence electrons. The molecule has 0 amide bonds. The van der Waals surface area contributed by atoms with Crippen molar-refractivity contribution >= 4 is 0 Å². The minimum absolute atomic E-state index is 0.0276. The number of halogens is 4. The largest absolute Gasteiger partial charge is 0.490 e. The van der Waals surface area contributed by atoms with Crippen LogP contribution >= 0.6 is 0 Å². The highest BCUT2D eigenvalue weighted by Gasteiger charge is 2.48. The Bertz CT molecular complexity index is 1180. The summed E-state index contributed by atoms with van der Waals surface area (Å²) in [6.07, 6.45) is 24.1. The minimum Gasteiger partial charge on any atom is -0.490 e. The third-order valence-corrected chi connectivity index (χ3v) is 10.4. The van der Waals surface area contributed by atoms with Crippen LogP contribution in [0.4, 0.5) is 17.6 Å². The lowest BCUT2D eigenvalue weighted by atomic mass is 9.77. The molecule has 0 N–H and O–H groups in total. The second-order valence-corrected chi connectivity index (χ2v) is 13.9. The monoisotopic (exact) mass is 616 g/mol. The summed E-state index contributed by atoms with van der Waals surface area (Å²) in [4.78, 5) is 8.38. The van der Waals surface area contributed by atoms with Gasteiger partial charge in [-0.2, -0.15) is 0 Å². The molecule has 0 spiro atoms. The minimum atomic E-state index is -3.40. The first-order valence-corrected chi connectivity index (χ1v) is 17.7. The fraction of sp³-hybridized carbons (Fsp3) is 0.730. The number of benzene rings is 1. The number of ether oxygens (including phenoxy) is 1. The number of hydrogen-bond donors (Lipinski definition) is 0. The van der Waals surface area contributed by atoms with Gasteiger partial charge in [-0.05, 0) is 67.9 Å². The number of aromatic nitrogens is 2. The summed E-state index contributed by atoms with van der Waals surface area (Å²) in [6, 6.07) is 1.32. The molecule has 2 saturated carbocycles. The summed E-state index contributed by atoms with van der Waals surface area (Å²) in [7, 11) is 0. The highest BCUT2D eigenvalue weighted by molar-refractivity contribution is 5.60. The van der Waals surface area contributed by atoms with Crippen molar-refractivity contribution in [1.82, 2.24) is 9.97 Å². The van der Waals surface area contributed by atoms with Gasteiger partial charge in [-0.25, -0.2) is 27.5 Å². The summed E-state index contributed by atoms with van der Waals surface area (Å²) in [5.41, 5.74) is -0.796. The topological polar surface area (TPSA) is 35.0 Å². The fourth-order valence-corrected chi connectivity index (χ4v) is 7.30. The Morgan fingerprint density at radius 2 is 1.48 bits per heavy atom. The molecule has 44 heavy (non-hydrogen) atoms. The standard InChI is InChI=1S/C37H52F4N2O/c1-2-27(28-18-19-28)14-10-8-12-22-44-31-24-42-36(43-25-31)32-23-29-20-21-30(37(40,41)33(29)35(39)34(32)38)15-11-7-5-3-4-6-9-13-26-16-17-26/h23-28,30H,2-22H2,1H3. The van der Waals surface area contributed by atoms with Crippen molar-refractivity contribution in [3.63, 3.8) is 0 Å². The van der Waals surface area contributed by atoms with Crippen LogP contribution in [0.25, 0.3) is 11.4 Å². The Morgan fingerprint density at radius 1 is 0.818 bits per heavy atom. The van der Waals surface area contributed by atoms with Crippen LogP contribution in [0, 0.1) is 35.3 Å². The molecule has 0 bridgehead atoms. The van der Waals surface area contributed by atoms with Gasteiger partial charge in [0, 0.05) is 5.92 Å². The number of aryl methyl sites for hydroxylation is 1. The van der Waals surface area contributed by atoms with Crippen molar-refractivity contribution in [1.29, 1.82) is 0 Å². The van der Waals surface area contributed by atoms with E-state index in [0.717, 1.165) is 49.9 Å². The number of unbranched alkanes of at least 4 members (excludes halogenated alkanes) is 8. The molecule has 1 heterocycles. The van der Waals surface area contributed by atoms with Gasteiger partial charge in [0.25, 0.3) is 5.92 Å². The van der Waals surface area contributed by atoms with E-state index in [1.807, 2.05) is 0 Å². The quantitative estimate of drug-likeness (QED) is 0.110. The lowest BCUT2D eigenvalue weighted by Gasteiger charge is -2.34. The molecule has 3 aliphatic rings. The van der Waals surface area contributed by atoms with Crippen LogP contribution < -0.4 is 4.74 Å². The van der Waals surface area contributed by atoms with Gasteiger partial charge >= 0.3 is 0 Å². The molecule has 2 fully saturated rings. The first-order chi connectivity index (χ1) is 21.4.